The largest absolute Gasteiger partial charge is 0.385 e. The average Bonchev–Trinajstić information content (AvgIpc) is 2.10. The second kappa shape index (κ2) is 9.01. The molecule has 0 aliphatic carbocycles. The van der Waals surface area contributed by atoms with Crippen LogP contribution in [0.3, 0.4) is 0 Å². The average molecular weight is 173 g/mol. The Kier molecular flexibility index (Phi) is 8.95. The first kappa shape index (κ1) is 11.9. The van der Waals surface area contributed by atoms with Crippen molar-refractivity contribution in [3.8, 4) is 0 Å². The van der Waals surface area contributed by atoms with E-state index in [9.17, 15) is 0 Å². The van der Waals surface area contributed by atoms with E-state index in [-0.39, 0.29) is 0 Å². The van der Waals surface area contributed by atoms with Crippen LogP contribution in [0.5, 0.6) is 0 Å². The molecule has 1 atom stereocenters. The molecule has 0 aliphatic rings. The Hall–Kier alpha value is -0.0800. The van der Waals surface area contributed by atoms with Gasteiger partial charge in [-0.05, 0) is 39.2 Å². The Morgan fingerprint density at radius 2 is 2.00 bits per heavy atom. The van der Waals surface area contributed by atoms with Gasteiger partial charge in [-0.15, -0.1) is 0 Å². The Morgan fingerprint density at radius 3 is 2.58 bits per heavy atom. The molecule has 1 N–H and O–H groups in total. The summed E-state index contributed by atoms with van der Waals surface area (Å²) in [6.07, 6.45) is 4.96. The van der Waals surface area contributed by atoms with Crippen molar-refractivity contribution < 1.29 is 4.74 Å². The van der Waals surface area contributed by atoms with Gasteiger partial charge in [0.15, 0.2) is 0 Å². The molecule has 0 spiro atoms. The van der Waals surface area contributed by atoms with Gasteiger partial charge in [0.25, 0.3) is 0 Å². The summed E-state index contributed by atoms with van der Waals surface area (Å²) in [7, 11) is 1.76. The summed E-state index contributed by atoms with van der Waals surface area (Å²) in [5, 5.41) is 3.47. The summed E-state index contributed by atoms with van der Waals surface area (Å²) in [5.74, 6) is 0. The van der Waals surface area contributed by atoms with E-state index in [2.05, 4.69) is 19.2 Å². The van der Waals surface area contributed by atoms with Crippen molar-refractivity contribution in [1.82, 2.24) is 5.32 Å². The topological polar surface area (TPSA) is 21.3 Å². The Labute approximate surface area is 76.7 Å². The predicted octanol–water partition coefficient (Wildman–Crippen LogP) is 2.19. The van der Waals surface area contributed by atoms with Crippen LogP contribution in [0.2, 0.25) is 0 Å². The fraction of sp³-hybridized carbons (Fsp3) is 1.00. The van der Waals surface area contributed by atoms with E-state index in [1.54, 1.807) is 7.11 Å². The van der Waals surface area contributed by atoms with Crippen LogP contribution in [-0.4, -0.2) is 26.3 Å². The molecular weight excluding hydrogens is 150 g/mol. The highest BCUT2D eigenvalue weighted by Crippen LogP contribution is 1.95. The second-order valence-corrected chi connectivity index (χ2v) is 3.32. The molecule has 0 aliphatic heterocycles. The molecule has 0 saturated carbocycles. The van der Waals surface area contributed by atoms with Crippen LogP contribution in [0.15, 0.2) is 0 Å². The highest BCUT2D eigenvalue weighted by atomic mass is 16.5. The molecule has 2 heteroatoms. The SMILES string of the molecule is CCC(C)NCCCCCOC. The number of ether oxygens (including phenoxy) is 1. The van der Waals surface area contributed by atoms with Gasteiger partial charge in [0.05, 0.1) is 0 Å². The third-order valence-corrected chi connectivity index (χ3v) is 2.13. The zero-order valence-corrected chi connectivity index (χ0v) is 8.73. The first-order valence-electron chi connectivity index (χ1n) is 5.03. The van der Waals surface area contributed by atoms with Crippen LogP contribution >= 0.6 is 0 Å². The van der Waals surface area contributed by atoms with Crippen LogP contribution in [0.25, 0.3) is 0 Å². The van der Waals surface area contributed by atoms with E-state index < -0.39 is 0 Å². The lowest BCUT2D eigenvalue weighted by Gasteiger charge is -2.10. The zero-order chi connectivity index (χ0) is 9.23. The van der Waals surface area contributed by atoms with Gasteiger partial charge in [0, 0.05) is 19.8 Å². The maximum Gasteiger partial charge on any atom is 0.0462 e. The lowest BCUT2D eigenvalue weighted by Crippen LogP contribution is -2.25. The molecule has 0 amide bonds. The smallest absolute Gasteiger partial charge is 0.0462 e. The summed E-state index contributed by atoms with van der Waals surface area (Å²) < 4.78 is 4.97. The number of unbranched alkanes of at least 4 members (excludes halogenated alkanes) is 2. The maximum atomic E-state index is 4.97. The molecule has 0 aromatic heterocycles. The van der Waals surface area contributed by atoms with E-state index in [4.69, 9.17) is 4.74 Å². The summed E-state index contributed by atoms with van der Waals surface area (Å²) in [5.41, 5.74) is 0. The standard InChI is InChI=1S/C10H23NO/c1-4-10(2)11-8-6-5-7-9-12-3/h10-11H,4-9H2,1-3H3. The van der Waals surface area contributed by atoms with Crippen molar-refractivity contribution >= 4 is 0 Å². The van der Waals surface area contributed by atoms with Crippen molar-refractivity contribution in [3.63, 3.8) is 0 Å². The molecule has 0 fully saturated rings. The molecule has 0 heterocycles. The fourth-order valence-electron chi connectivity index (χ4n) is 1.04. The minimum absolute atomic E-state index is 0.674. The van der Waals surface area contributed by atoms with Gasteiger partial charge in [-0.25, -0.2) is 0 Å². The van der Waals surface area contributed by atoms with Crippen molar-refractivity contribution in [1.29, 1.82) is 0 Å². The summed E-state index contributed by atoms with van der Waals surface area (Å²) in [6, 6.07) is 0.674. The lowest BCUT2D eigenvalue weighted by atomic mass is 10.2. The first-order chi connectivity index (χ1) is 5.81. The Morgan fingerprint density at radius 1 is 1.25 bits per heavy atom. The predicted molar refractivity (Wildman–Crippen MR) is 53.5 cm³/mol. The van der Waals surface area contributed by atoms with Crippen LogP contribution < -0.4 is 5.32 Å². The van der Waals surface area contributed by atoms with E-state index in [0.717, 1.165) is 13.2 Å². The molecule has 12 heavy (non-hydrogen) atoms. The van der Waals surface area contributed by atoms with Crippen molar-refractivity contribution in [2.45, 2.75) is 45.6 Å². The molecule has 1 unspecified atom stereocenters. The number of hydrogen-bond donors (Lipinski definition) is 1. The van der Waals surface area contributed by atoms with Gasteiger partial charge in [-0.1, -0.05) is 6.92 Å². The molecule has 74 valence electrons. The van der Waals surface area contributed by atoms with Gasteiger partial charge >= 0.3 is 0 Å². The second-order valence-electron chi connectivity index (χ2n) is 3.32. The van der Waals surface area contributed by atoms with Gasteiger partial charge in [0.1, 0.15) is 0 Å². The number of methoxy groups -OCH3 is 1. The third kappa shape index (κ3) is 8.02. The summed E-state index contributed by atoms with van der Waals surface area (Å²) >= 11 is 0. The van der Waals surface area contributed by atoms with E-state index in [0.29, 0.717) is 6.04 Å². The van der Waals surface area contributed by atoms with Crippen LogP contribution in [0.1, 0.15) is 39.5 Å². The molecular formula is C10H23NO. The Balaban J connectivity index is 2.90. The minimum atomic E-state index is 0.674. The highest BCUT2D eigenvalue weighted by Gasteiger charge is 1.95. The van der Waals surface area contributed by atoms with Crippen molar-refractivity contribution in [2.75, 3.05) is 20.3 Å². The van der Waals surface area contributed by atoms with Crippen molar-refractivity contribution in [3.05, 3.63) is 0 Å². The van der Waals surface area contributed by atoms with E-state index in [1.807, 2.05) is 0 Å². The quantitative estimate of drug-likeness (QED) is 0.568. The number of rotatable bonds is 8. The number of nitrogens with one attached hydrogen (secondary N) is 1. The van der Waals surface area contributed by atoms with Crippen LogP contribution in [-0.2, 0) is 4.74 Å². The normalized spacial score (nSPS) is 13.2. The molecule has 0 radical (unpaired) electrons. The molecule has 0 rings (SSSR count). The van der Waals surface area contributed by atoms with E-state index in [1.165, 1.54) is 25.7 Å². The van der Waals surface area contributed by atoms with Gasteiger partial charge in [0.2, 0.25) is 0 Å². The molecule has 2 nitrogen and oxygen atoms in total. The molecule has 0 bridgehead atoms. The molecule has 0 aromatic rings. The maximum absolute atomic E-state index is 4.97. The van der Waals surface area contributed by atoms with Gasteiger partial charge in [-0.2, -0.15) is 0 Å². The molecule has 0 saturated heterocycles. The monoisotopic (exact) mass is 173 g/mol. The van der Waals surface area contributed by atoms with E-state index >= 15 is 0 Å². The zero-order valence-electron chi connectivity index (χ0n) is 8.73. The first-order valence-corrected chi connectivity index (χ1v) is 5.03. The van der Waals surface area contributed by atoms with Crippen LogP contribution in [0.4, 0.5) is 0 Å². The summed E-state index contributed by atoms with van der Waals surface area (Å²) in [4.78, 5) is 0. The third-order valence-electron chi connectivity index (χ3n) is 2.13. The Bertz CT molecular complexity index is 85.9. The van der Waals surface area contributed by atoms with Gasteiger partial charge in [-0.3, -0.25) is 0 Å². The number of hydrogen-bond acceptors (Lipinski definition) is 2. The fourth-order valence-corrected chi connectivity index (χ4v) is 1.04. The van der Waals surface area contributed by atoms with Crippen LogP contribution in [0, 0.1) is 0 Å². The summed E-state index contributed by atoms with van der Waals surface area (Å²) in [6.45, 7) is 6.50. The highest BCUT2D eigenvalue weighted by molar-refractivity contribution is 4.56. The van der Waals surface area contributed by atoms with Gasteiger partial charge < -0.3 is 10.1 Å². The van der Waals surface area contributed by atoms with Crippen molar-refractivity contribution in [2.24, 2.45) is 0 Å². The molecule has 0 aromatic carbocycles. The lowest BCUT2D eigenvalue weighted by molar-refractivity contribution is 0.192. The minimum Gasteiger partial charge on any atom is -0.385 e.